The second kappa shape index (κ2) is 11.7. The average molecular weight is 492 g/mol. The molecule has 0 atom stereocenters. The van der Waals surface area contributed by atoms with Crippen molar-refractivity contribution in [3.63, 3.8) is 0 Å². The Kier molecular flexibility index (Phi) is 8.72. The first-order chi connectivity index (χ1) is 15.5. The maximum Gasteiger partial charge on any atom is 0.244 e. The minimum Gasteiger partial charge on any atom is -0.492 e. The largest absolute Gasteiger partial charge is 0.492 e. The highest BCUT2D eigenvalue weighted by Crippen LogP contribution is 2.31. The number of anilines is 3. The Balaban J connectivity index is 1.48. The summed E-state index contributed by atoms with van der Waals surface area (Å²) in [5.74, 6) is 0.344. The van der Waals surface area contributed by atoms with Gasteiger partial charge < -0.3 is 20.3 Å². The molecule has 0 saturated heterocycles. The standard InChI is InChI=1S/C21H22ClN5O3S2/c1-3-30-17-11-7-6-10-16(17)24-20-25-26-21(32-20)31-13-19(29)27(2)12-18(28)23-15-9-5-4-8-14(15)22/h4-11H,3,12-13H2,1-2H3,(H,23,28)(H,24,25). The molecule has 1 aromatic heterocycles. The highest BCUT2D eigenvalue weighted by Gasteiger charge is 2.16. The van der Waals surface area contributed by atoms with E-state index >= 15 is 0 Å². The van der Waals surface area contributed by atoms with Gasteiger partial charge in [-0.2, -0.15) is 0 Å². The molecule has 3 aromatic rings. The summed E-state index contributed by atoms with van der Waals surface area (Å²) in [6.45, 7) is 2.40. The van der Waals surface area contributed by atoms with Crippen molar-refractivity contribution in [1.82, 2.24) is 15.1 Å². The van der Waals surface area contributed by atoms with Crippen molar-refractivity contribution in [2.75, 3.05) is 36.6 Å². The lowest BCUT2D eigenvalue weighted by Crippen LogP contribution is -2.36. The second-order valence-electron chi connectivity index (χ2n) is 6.49. The molecule has 168 valence electrons. The van der Waals surface area contributed by atoms with Crippen LogP contribution in [0.1, 0.15) is 6.92 Å². The minimum absolute atomic E-state index is 0.0816. The molecule has 0 aliphatic rings. The predicted octanol–water partition coefficient (Wildman–Crippen LogP) is 4.52. The Labute approximate surface area is 199 Å². The first-order valence-corrected chi connectivity index (χ1v) is 11.9. The van der Waals surface area contributed by atoms with E-state index in [-0.39, 0.29) is 24.1 Å². The Morgan fingerprint density at radius 3 is 2.59 bits per heavy atom. The van der Waals surface area contributed by atoms with E-state index in [0.717, 1.165) is 11.4 Å². The number of para-hydroxylation sites is 3. The van der Waals surface area contributed by atoms with E-state index in [9.17, 15) is 9.59 Å². The van der Waals surface area contributed by atoms with Gasteiger partial charge in [-0.25, -0.2) is 0 Å². The number of hydrogen-bond donors (Lipinski definition) is 2. The van der Waals surface area contributed by atoms with Crippen molar-refractivity contribution >= 4 is 63.0 Å². The van der Waals surface area contributed by atoms with Crippen LogP contribution in [0, 0.1) is 0 Å². The van der Waals surface area contributed by atoms with Crippen LogP contribution in [-0.2, 0) is 9.59 Å². The molecule has 3 rings (SSSR count). The number of aromatic nitrogens is 2. The van der Waals surface area contributed by atoms with Crippen molar-refractivity contribution in [3.8, 4) is 5.75 Å². The van der Waals surface area contributed by atoms with E-state index < -0.39 is 0 Å². The van der Waals surface area contributed by atoms with Gasteiger partial charge in [0.2, 0.25) is 16.9 Å². The van der Waals surface area contributed by atoms with Gasteiger partial charge >= 0.3 is 0 Å². The number of rotatable bonds is 10. The molecule has 11 heteroatoms. The van der Waals surface area contributed by atoms with Gasteiger partial charge in [-0.05, 0) is 31.2 Å². The summed E-state index contributed by atoms with van der Waals surface area (Å²) in [4.78, 5) is 26.0. The van der Waals surface area contributed by atoms with Gasteiger partial charge in [0, 0.05) is 7.05 Å². The van der Waals surface area contributed by atoms with Gasteiger partial charge in [0.25, 0.3) is 0 Å². The minimum atomic E-state index is -0.325. The number of halogens is 1. The number of nitrogens with one attached hydrogen (secondary N) is 2. The molecule has 0 aliphatic heterocycles. The highest BCUT2D eigenvalue weighted by molar-refractivity contribution is 8.01. The summed E-state index contributed by atoms with van der Waals surface area (Å²) in [6.07, 6.45) is 0. The fraction of sp³-hybridized carbons (Fsp3) is 0.238. The predicted molar refractivity (Wildman–Crippen MR) is 129 cm³/mol. The van der Waals surface area contributed by atoms with Crippen molar-refractivity contribution in [1.29, 1.82) is 0 Å². The first-order valence-electron chi connectivity index (χ1n) is 9.69. The van der Waals surface area contributed by atoms with E-state index in [2.05, 4.69) is 20.8 Å². The summed E-state index contributed by atoms with van der Waals surface area (Å²) in [7, 11) is 1.58. The van der Waals surface area contributed by atoms with E-state index in [4.69, 9.17) is 16.3 Å². The van der Waals surface area contributed by atoms with Crippen molar-refractivity contribution in [2.24, 2.45) is 0 Å². The van der Waals surface area contributed by atoms with Crippen LogP contribution in [0.2, 0.25) is 5.02 Å². The summed E-state index contributed by atoms with van der Waals surface area (Å²) in [6, 6.07) is 14.5. The molecule has 0 aliphatic carbocycles. The fourth-order valence-electron chi connectivity index (χ4n) is 2.57. The molecular weight excluding hydrogens is 470 g/mol. The quantitative estimate of drug-likeness (QED) is 0.402. The van der Waals surface area contributed by atoms with Crippen molar-refractivity contribution in [3.05, 3.63) is 53.6 Å². The van der Waals surface area contributed by atoms with Gasteiger partial charge in [-0.1, -0.05) is 59.0 Å². The number of hydrogen-bond acceptors (Lipinski definition) is 8. The van der Waals surface area contributed by atoms with Crippen LogP contribution in [0.3, 0.4) is 0 Å². The molecule has 2 aromatic carbocycles. The lowest BCUT2D eigenvalue weighted by Gasteiger charge is -2.16. The third-order valence-electron chi connectivity index (χ3n) is 4.11. The number of benzene rings is 2. The van der Waals surface area contributed by atoms with Crippen molar-refractivity contribution < 1.29 is 14.3 Å². The third-order valence-corrected chi connectivity index (χ3v) is 6.39. The lowest BCUT2D eigenvalue weighted by atomic mass is 10.3. The van der Waals surface area contributed by atoms with Crippen molar-refractivity contribution in [2.45, 2.75) is 11.3 Å². The molecule has 0 radical (unpaired) electrons. The van der Waals surface area contributed by atoms with Gasteiger partial charge in [-0.15, -0.1) is 10.2 Å². The van der Waals surface area contributed by atoms with Gasteiger partial charge in [0.05, 0.1) is 35.3 Å². The third kappa shape index (κ3) is 6.84. The van der Waals surface area contributed by atoms with E-state index in [1.54, 1.807) is 31.3 Å². The highest BCUT2D eigenvalue weighted by atomic mass is 35.5. The molecule has 2 N–H and O–H groups in total. The number of carbonyl (C=O) groups is 2. The average Bonchev–Trinajstić information content (AvgIpc) is 3.22. The zero-order valence-corrected chi connectivity index (χ0v) is 19.9. The van der Waals surface area contributed by atoms with Crippen LogP contribution in [0.4, 0.5) is 16.5 Å². The SMILES string of the molecule is CCOc1ccccc1Nc1nnc(SCC(=O)N(C)CC(=O)Nc2ccccc2Cl)s1. The normalized spacial score (nSPS) is 10.5. The summed E-state index contributed by atoms with van der Waals surface area (Å²) >= 11 is 8.64. The molecule has 0 fully saturated rings. The van der Waals surface area contributed by atoms with Gasteiger partial charge in [0.1, 0.15) is 5.75 Å². The maximum absolute atomic E-state index is 12.4. The van der Waals surface area contributed by atoms with E-state index in [1.807, 2.05) is 31.2 Å². The van der Waals surface area contributed by atoms with Crippen LogP contribution in [0.5, 0.6) is 5.75 Å². The Morgan fingerprint density at radius 1 is 1.12 bits per heavy atom. The summed E-state index contributed by atoms with van der Waals surface area (Å²) in [5, 5.41) is 15.2. The van der Waals surface area contributed by atoms with Crippen LogP contribution in [0.25, 0.3) is 0 Å². The van der Waals surface area contributed by atoms with Crippen LogP contribution < -0.4 is 15.4 Å². The maximum atomic E-state index is 12.4. The summed E-state index contributed by atoms with van der Waals surface area (Å²) < 4.78 is 6.24. The Bertz CT molecular complexity index is 1080. The van der Waals surface area contributed by atoms with E-state index in [1.165, 1.54) is 28.0 Å². The fourth-order valence-corrected chi connectivity index (χ4v) is 4.46. The van der Waals surface area contributed by atoms with Crippen LogP contribution >= 0.6 is 34.7 Å². The number of nitrogens with zero attached hydrogens (tertiary/aromatic N) is 3. The molecule has 32 heavy (non-hydrogen) atoms. The van der Waals surface area contributed by atoms with Gasteiger partial charge in [-0.3, -0.25) is 9.59 Å². The van der Waals surface area contributed by atoms with Crippen LogP contribution in [0.15, 0.2) is 52.9 Å². The lowest BCUT2D eigenvalue weighted by molar-refractivity contribution is -0.131. The second-order valence-corrected chi connectivity index (χ2v) is 9.10. The van der Waals surface area contributed by atoms with Gasteiger partial charge in [0.15, 0.2) is 4.34 Å². The number of carbonyl (C=O) groups excluding carboxylic acids is 2. The molecule has 0 saturated carbocycles. The topological polar surface area (TPSA) is 96.4 Å². The molecule has 0 spiro atoms. The molecule has 0 bridgehead atoms. The Hall–Kier alpha value is -2.82. The first kappa shape index (κ1) is 23.8. The smallest absolute Gasteiger partial charge is 0.244 e. The summed E-state index contributed by atoms with van der Waals surface area (Å²) in [5.41, 5.74) is 1.30. The molecule has 8 nitrogen and oxygen atoms in total. The monoisotopic (exact) mass is 491 g/mol. The molecule has 2 amide bonds. The van der Waals surface area contributed by atoms with E-state index in [0.29, 0.717) is 26.8 Å². The number of amides is 2. The molecule has 0 unspecified atom stereocenters. The number of thioether (sulfide) groups is 1. The number of likely N-dealkylation sites (N-methyl/N-ethyl adjacent to an activating group) is 1. The number of ether oxygens (including phenoxy) is 1. The Morgan fingerprint density at radius 2 is 1.84 bits per heavy atom. The molecular formula is C21H22ClN5O3S2. The molecule has 1 heterocycles. The van der Waals surface area contributed by atoms with Crippen LogP contribution in [-0.4, -0.2) is 52.9 Å². The zero-order valence-electron chi connectivity index (χ0n) is 17.5. The zero-order chi connectivity index (χ0) is 22.9.